The summed E-state index contributed by atoms with van der Waals surface area (Å²) in [7, 11) is 0. The molecule has 1 aliphatic rings. The Hall–Kier alpha value is -3.54. The summed E-state index contributed by atoms with van der Waals surface area (Å²) in [5, 5.41) is 0. The van der Waals surface area contributed by atoms with Gasteiger partial charge in [0.1, 0.15) is 11.1 Å². The molecule has 3 aromatic rings. The van der Waals surface area contributed by atoms with Gasteiger partial charge in [0, 0.05) is 30.4 Å². The van der Waals surface area contributed by atoms with E-state index in [1.165, 1.54) is 6.07 Å². The van der Waals surface area contributed by atoms with Gasteiger partial charge in [0.25, 0.3) is 11.5 Å². The maximum Gasteiger partial charge on any atom is 0.284 e. The van der Waals surface area contributed by atoms with Crippen LogP contribution in [0.4, 0.5) is 0 Å². The van der Waals surface area contributed by atoms with Crippen molar-refractivity contribution in [3.05, 3.63) is 99.0 Å². The van der Waals surface area contributed by atoms with Crippen molar-refractivity contribution in [1.82, 2.24) is 9.55 Å². The summed E-state index contributed by atoms with van der Waals surface area (Å²) < 4.78 is 1.84. The van der Waals surface area contributed by atoms with Crippen LogP contribution in [0.2, 0.25) is 0 Å². The van der Waals surface area contributed by atoms with Gasteiger partial charge in [0.2, 0.25) is 0 Å². The average Bonchev–Trinajstić information content (AvgIpc) is 2.69. The number of pyridine rings is 2. The summed E-state index contributed by atoms with van der Waals surface area (Å²) in [6.45, 7) is 4.52. The average molecular weight is 401 g/mol. The first kappa shape index (κ1) is 19.8. The van der Waals surface area contributed by atoms with Crippen LogP contribution < -0.4 is 11.0 Å². The highest BCUT2D eigenvalue weighted by Crippen LogP contribution is 2.33. The molecule has 0 bridgehead atoms. The number of aromatic nitrogens is 2. The van der Waals surface area contributed by atoms with E-state index in [2.05, 4.69) is 9.98 Å². The Morgan fingerprint density at radius 1 is 1.07 bits per heavy atom. The van der Waals surface area contributed by atoms with Crippen LogP contribution in [0.3, 0.4) is 0 Å². The van der Waals surface area contributed by atoms with E-state index in [0.29, 0.717) is 36.1 Å². The maximum absolute atomic E-state index is 12.8. The molecule has 152 valence electrons. The summed E-state index contributed by atoms with van der Waals surface area (Å²) in [5.41, 5.74) is 1.67. The Kier molecular flexibility index (Phi) is 5.08. The maximum atomic E-state index is 12.8. The standard InChI is InChI=1S/C24H23N3O3/c1-24(2)13-19-17(20(28)14-24)12-18(22(29)25-19)23(30)26-21-10-6-7-11-27(21)15-16-8-4-3-5-9-16/h3-12H,13-15H2,1-2H3,(H,25,29). The zero-order valence-electron chi connectivity index (χ0n) is 17.0. The molecule has 2 heterocycles. The van der Waals surface area contributed by atoms with Gasteiger partial charge in [-0.2, -0.15) is 4.99 Å². The van der Waals surface area contributed by atoms with Crippen LogP contribution in [-0.2, 0) is 13.0 Å². The van der Waals surface area contributed by atoms with E-state index in [9.17, 15) is 14.4 Å². The molecule has 0 fully saturated rings. The van der Waals surface area contributed by atoms with Crippen molar-refractivity contribution in [1.29, 1.82) is 0 Å². The van der Waals surface area contributed by atoms with Crippen LogP contribution in [0.25, 0.3) is 0 Å². The minimum atomic E-state index is -0.662. The Labute approximate surface area is 173 Å². The van der Waals surface area contributed by atoms with Gasteiger partial charge in [-0.15, -0.1) is 0 Å². The quantitative estimate of drug-likeness (QED) is 0.732. The van der Waals surface area contributed by atoms with E-state index in [1.807, 2.05) is 61.0 Å². The van der Waals surface area contributed by atoms with Gasteiger partial charge in [-0.3, -0.25) is 14.4 Å². The van der Waals surface area contributed by atoms with E-state index < -0.39 is 11.5 Å². The summed E-state index contributed by atoms with van der Waals surface area (Å²) in [5.74, 6) is -0.727. The summed E-state index contributed by atoms with van der Waals surface area (Å²) in [4.78, 5) is 44.9. The minimum absolute atomic E-state index is 0.0644. The number of nitrogens with one attached hydrogen (secondary N) is 1. The molecule has 1 N–H and O–H groups in total. The Morgan fingerprint density at radius 3 is 2.57 bits per heavy atom. The zero-order valence-corrected chi connectivity index (χ0v) is 17.0. The monoisotopic (exact) mass is 401 g/mol. The second-order valence-corrected chi connectivity index (χ2v) is 8.43. The van der Waals surface area contributed by atoms with Crippen molar-refractivity contribution < 1.29 is 9.59 Å². The molecule has 0 atom stereocenters. The fourth-order valence-electron chi connectivity index (χ4n) is 3.83. The molecule has 30 heavy (non-hydrogen) atoms. The Morgan fingerprint density at radius 2 is 1.80 bits per heavy atom. The van der Waals surface area contributed by atoms with E-state index in [0.717, 1.165) is 5.56 Å². The lowest BCUT2D eigenvalue weighted by atomic mass is 9.75. The van der Waals surface area contributed by atoms with Crippen molar-refractivity contribution in [3.8, 4) is 0 Å². The molecule has 0 aliphatic heterocycles. The summed E-state index contributed by atoms with van der Waals surface area (Å²) in [6, 6.07) is 16.6. The van der Waals surface area contributed by atoms with Crippen molar-refractivity contribution in [2.24, 2.45) is 10.4 Å². The molecule has 0 saturated carbocycles. The van der Waals surface area contributed by atoms with Crippen molar-refractivity contribution >= 4 is 11.7 Å². The van der Waals surface area contributed by atoms with Gasteiger partial charge >= 0.3 is 0 Å². The first-order valence-corrected chi connectivity index (χ1v) is 9.90. The molecule has 0 saturated heterocycles. The van der Waals surface area contributed by atoms with E-state index in [4.69, 9.17) is 0 Å². The van der Waals surface area contributed by atoms with Crippen molar-refractivity contribution in [3.63, 3.8) is 0 Å². The minimum Gasteiger partial charge on any atom is -0.328 e. The Bertz CT molecular complexity index is 1250. The molecular formula is C24H23N3O3. The smallest absolute Gasteiger partial charge is 0.284 e. The number of carbonyl (C=O) groups is 2. The number of fused-ring (bicyclic) bond motifs is 1. The van der Waals surface area contributed by atoms with Gasteiger partial charge in [0.15, 0.2) is 5.78 Å². The third-order valence-electron chi connectivity index (χ3n) is 5.28. The van der Waals surface area contributed by atoms with Crippen LogP contribution in [0.5, 0.6) is 0 Å². The molecule has 0 spiro atoms. The molecule has 4 rings (SSSR count). The first-order valence-electron chi connectivity index (χ1n) is 9.90. The highest BCUT2D eigenvalue weighted by atomic mass is 16.2. The van der Waals surface area contributed by atoms with E-state index in [-0.39, 0.29) is 16.8 Å². The Balaban J connectivity index is 1.72. The first-order chi connectivity index (χ1) is 14.3. The number of ketones is 1. The second kappa shape index (κ2) is 7.71. The number of hydrogen-bond donors (Lipinski definition) is 1. The number of H-pyrrole nitrogens is 1. The number of Topliss-reactive ketones (excluding diaryl/α,β-unsaturated/α-hetero) is 1. The SMILES string of the molecule is CC1(C)CC(=O)c2cc(C(=O)N=c3ccccn3Cc3ccccc3)c(=O)[nH]c2C1. The van der Waals surface area contributed by atoms with Crippen LogP contribution in [-0.4, -0.2) is 21.2 Å². The van der Waals surface area contributed by atoms with Crippen LogP contribution in [0.15, 0.2) is 70.6 Å². The van der Waals surface area contributed by atoms with Gasteiger partial charge in [-0.25, -0.2) is 0 Å². The lowest BCUT2D eigenvalue weighted by Gasteiger charge is -2.29. The molecule has 1 amide bonds. The molecular weight excluding hydrogens is 378 g/mol. The molecule has 2 aromatic heterocycles. The van der Waals surface area contributed by atoms with Crippen LogP contribution in [0, 0.1) is 5.41 Å². The lowest BCUT2D eigenvalue weighted by molar-refractivity contribution is 0.0910. The van der Waals surface area contributed by atoms with Gasteiger partial charge in [-0.1, -0.05) is 50.2 Å². The number of hydrogen-bond acceptors (Lipinski definition) is 3. The number of amides is 1. The van der Waals surface area contributed by atoms with Gasteiger partial charge in [-0.05, 0) is 35.6 Å². The normalized spacial score (nSPS) is 15.7. The summed E-state index contributed by atoms with van der Waals surface area (Å²) in [6.07, 6.45) is 2.80. The largest absolute Gasteiger partial charge is 0.328 e. The predicted octanol–water partition coefficient (Wildman–Crippen LogP) is 3.12. The fourth-order valence-corrected chi connectivity index (χ4v) is 3.83. The topological polar surface area (TPSA) is 84.3 Å². The molecule has 6 nitrogen and oxygen atoms in total. The molecule has 1 aliphatic carbocycles. The molecule has 0 unspecified atom stereocenters. The van der Waals surface area contributed by atoms with E-state index >= 15 is 0 Å². The highest BCUT2D eigenvalue weighted by molar-refractivity contribution is 6.02. The number of carbonyl (C=O) groups excluding carboxylic acids is 2. The third-order valence-corrected chi connectivity index (χ3v) is 5.28. The highest BCUT2D eigenvalue weighted by Gasteiger charge is 2.32. The molecule has 1 aromatic carbocycles. The predicted molar refractivity (Wildman–Crippen MR) is 113 cm³/mol. The van der Waals surface area contributed by atoms with E-state index in [1.54, 1.807) is 12.1 Å². The van der Waals surface area contributed by atoms with Crippen molar-refractivity contribution in [2.45, 2.75) is 33.2 Å². The molecule has 6 heteroatoms. The second-order valence-electron chi connectivity index (χ2n) is 8.43. The fraction of sp³-hybridized carbons (Fsp3) is 0.250. The van der Waals surface area contributed by atoms with Crippen LogP contribution in [0.1, 0.15) is 52.2 Å². The van der Waals surface area contributed by atoms with Crippen LogP contribution >= 0.6 is 0 Å². The number of rotatable bonds is 3. The van der Waals surface area contributed by atoms with Gasteiger partial charge < -0.3 is 9.55 Å². The number of benzene rings is 1. The zero-order chi connectivity index (χ0) is 21.3. The summed E-state index contributed by atoms with van der Waals surface area (Å²) >= 11 is 0. The number of nitrogens with zero attached hydrogens (tertiary/aromatic N) is 2. The van der Waals surface area contributed by atoms with Crippen molar-refractivity contribution in [2.75, 3.05) is 0 Å². The third kappa shape index (κ3) is 4.08. The molecule has 0 radical (unpaired) electrons. The lowest BCUT2D eigenvalue weighted by Crippen LogP contribution is -2.32. The van der Waals surface area contributed by atoms with Gasteiger partial charge in [0.05, 0.1) is 0 Å². The number of aromatic amines is 1.